The van der Waals surface area contributed by atoms with E-state index in [4.69, 9.17) is 11.6 Å². The third-order valence-electron chi connectivity index (χ3n) is 3.54. The maximum atomic E-state index is 12.7. The lowest BCUT2D eigenvalue weighted by molar-refractivity contribution is -0.137. The van der Waals surface area contributed by atoms with Gasteiger partial charge in [0.1, 0.15) is 12.7 Å². The molecule has 0 fully saturated rings. The van der Waals surface area contributed by atoms with Gasteiger partial charge in [0.05, 0.1) is 23.5 Å². The standard InChI is InChI=1S/C17H13ClF3N5O/c18-12-4-5-15(26-10-22-9-24-26)14(7-12)25-16(27)8-23-13-3-1-2-11(6-13)17(19,20)21/h1-7,9-10,23H,8H2,(H,25,27). The Balaban J connectivity index is 1.70. The van der Waals surface area contributed by atoms with Crippen LogP contribution in [0.1, 0.15) is 5.56 Å². The zero-order chi connectivity index (χ0) is 19.4. The highest BCUT2D eigenvalue weighted by molar-refractivity contribution is 6.31. The molecule has 3 rings (SSSR count). The number of nitrogens with zero attached hydrogens (tertiary/aromatic N) is 3. The number of carbonyl (C=O) groups excluding carboxylic acids is 1. The molecule has 0 aliphatic heterocycles. The molecule has 0 saturated carbocycles. The molecule has 0 atom stereocenters. The molecule has 27 heavy (non-hydrogen) atoms. The molecular weight excluding hydrogens is 383 g/mol. The van der Waals surface area contributed by atoms with Crippen LogP contribution in [-0.2, 0) is 11.0 Å². The van der Waals surface area contributed by atoms with Crippen LogP contribution in [0.15, 0.2) is 55.1 Å². The fourth-order valence-corrected chi connectivity index (χ4v) is 2.50. The summed E-state index contributed by atoms with van der Waals surface area (Å²) in [7, 11) is 0. The summed E-state index contributed by atoms with van der Waals surface area (Å²) in [5.74, 6) is -0.462. The van der Waals surface area contributed by atoms with Crippen LogP contribution in [0.4, 0.5) is 24.5 Å². The highest BCUT2D eigenvalue weighted by Gasteiger charge is 2.30. The van der Waals surface area contributed by atoms with E-state index < -0.39 is 17.6 Å². The first-order chi connectivity index (χ1) is 12.8. The number of carbonyl (C=O) groups is 1. The zero-order valence-electron chi connectivity index (χ0n) is 13.7. The van der Waals surface area contributed by atoms with E-state index in [9.17, 15) is 18.0 Å². The van der Waals surface area contributed by atoms with Gasteiger partial charge in [0.2, 0.25) is 5.91 Å². The first-order valence-electron chi connectivity index (χ1n) is 7.68. The van der Waals surface area contributed by atoms with Gasteiger partial charge in [-0.15, -0.1) is 0 Å². The summed E-state index contributed by atoms with van der Waals surface area (Å²) in [5.41, 5.74) is 0.326. The van der Waals surface area contributed by atoms with Gasteiger partial charge in [-0.1, -0.05) is 17.7 Å². The smallest absolute Gasteiger partial charge is 0.376 e. The molecule has 0 aliphatic carbocycles. The van der Waals surface area contributed by atoms with Crippen LogP contribution in [0.3, 0.4) is 0 Å². The Kier molecular flexibility index (Phi) is 5.31. The third-order valence-corrected chi connectivity index (χ3v) is 3.78. The fraction of sp³-hybridized carbons (Fsp3) is 0.118. The van der Waals surface area contributed by atoms with Crippen molar-refractivity contribution in [1.82, 2.24) is 14.8 Å². The molecule has 1 heterocycles. The normalized spacial score (nSPS) is 11.3. The van der Waals surface area contributed by atoms with Crippen LogP contribution >= 0.6 is 11.6 Å². The first kappa shape index (κ1) is 18.7. The maximum absolute atomic E-state index is 12.7. The van der Waals surface area contributed by atoms with Crippen LogP contribution in [0.5, 0.6) is 0 Å². The van der Waals surface area contributed by atoms with Gasteiger partial charge in [0, 0.05) is 10.7 Å². The van der Waals surface area contributed by atoms with Crippen molar-refractivity contribution < 1.29 is 18.0 Å². The Morgan fingerprint density at radius 3 is 2.70 bits per heavy atom. The summed E-state index contributed by atoms with van der Waals surface area (Å²) < 4.78 is 39.7. The van der Waals surface area contributed by atoms with E-state index in [1.165, 1.54) is 29.5 Å². The van der Waals surface area contributed by atoms with Crippen molar-refractivity contribution in [3.8, 4) is 5.69 Å². The van der Waals surface area contributed by atoms with E-state index in [-0.39, 0.29) is 12.2 Å². The van der Waals surface area contributed by atoms with Gasteiger partial charge >= 0.3 is 6.18 Å². The number of anilines is 2. The minimum Gasteiger partial charge on any atom is -0.376 e. The summed E-state index contributed by atoms with van der Waals surface area (Å²) >= 11 is 5.98. The number of amides is 1. The molecule has 0 radical (unpaired) electrons. The summed E-state index contributed by atoms with van der Waals surface area (Å²) in [6, 6.07) is 9.45. The number of hydrogen-bond acceptors (Lipinski definition) is 4. The minimum atomic E-state index is -4.45. The summed E-state index contributed by atoms with van der Waals surface area (Å²) in [4.78, 5) is 16.1. The summed E-state index contributed by atoms with van der Waals surface area (Å²) in [5, 5.41) is 9.73. The number of halogens is 4. The van der Waals surface area contributed by atoms with Gasteiger partial charge in [-0.05, 0) is 36.4 Å². The predicted octanol–water partition coefficient (Wildman–Crippen LogP) is 3.99. The fourth-order valence-electron chi connectivity index (χ4n) is 2.32. The topological polar surface area (TPSA) is 71.8 Å². The van der Waals surface area contributed by atoms with Gasteiger partial charge in [-0.25, -0.2) is 9.67 Å². The molecule has 0 saturated heterocycles. The van der Waals surface area contributed by atoms with Crippen molar-refractivity contribution >= 4 is 28.9 Å². The largest absolute Gasteiger partial charge is 0.416 e. The Bertz CT molecular complexity index is 944. The summed E-state index contributed by atoms with van der Waals surface area (Å²) in [6.45, 7) is -0.232. The van der Waals surface area contributed by atoms with Gasteiger partial charge in [0.25, 0.3) is 0 Å². The van der Waals surface area contributed by atoms with E-state index in [1.54, 1.807) is 18.2 Å². The first-order valence-corrected chi connectivity index (χ1v) is 8.06. The second-order valence-electron chi connectivity index (χ2n) is 5.48. The van der Waals surface area contributed by atoms with Crippen LogP contribution in [-0.4, -0.2) is 27.2 Å². The monoisotopic (exact) mass is 395 g/mol. The van der Waals surface area contributed by atoms with Gasteiger partial charge in [0.15, 0.2) is 0 Å². The molecule has 0 bridgehead atoms. The van der Waals surface area contributed by atoms with Crippen molar-refractivity contribution in [3.05, 3.63) is 65.7 Å². The number of nitrogens with one attached hydrogen (secondary N) is 2. The van der Waals surface area contributed by atoms with Gasteiger partial charge < -0.3 is 10.6 Å². The van der Waals surface area contributed by atoms with E-state index in [1.807, 2.05) is 0 Å². The van der Waals surface area contributed by atoms with Gasteiger partial charge in [-0.2, -0.15) is 18.3 Å². The molecule has 3 aromatic rings. The molecule has 0 spiro atoms. The maximum Gasteiger partial charge on any atom is 0.416 e. The average Bonchev–Trinajstić information content (AvgIpc) is 3.14. The highest BCUT2D eigenvalue weighted by atomic mass is 35.5. The lowest BCUT2D eigenvalue weighted by Gasteiger charge is -2.13. The molecule has 10 heteroatoms. The SMILES string of the molecule is O=C(CNc1cccc(C(F)(F)F)c1)Nc1cc(Cl)ccc1-n1cncn1. The molecule has 2 aromatic carbocycles. The van der Waals surface area contributed by atoms with Crippen LogP contribution in [0.25, 0.3) is 5.69 Å². The minimum absolute atomic E-state index is 0.183. The highest BCUT2D eigenvalue weighted by Crippen LogP contribution is 2.30. The predicted molar refractivity (Wildman–Crippen MR) is 94.9 cm³/mol. The van der Waals surface area contributed by atoms with E-state index in [0.29, 0.717) is 16.4 Å². The molecule has 140 valence electrons. The molecule has 6 nitrogen and oxygen atoms in total. The quantitative estimate of drug-likeness (QED) is 0.685. The Hall–Kier alpha value is -3.07. The van der Waals surface area contributed by atoms with Crippen LogP contribution < -0.4 is 10.6 Å². The molecule has 1 aromatic heterocycles. The molecule has 0 aliphatic rings. The Labute approximate surface area is 157 Å². The molecule has 2 N–H and O–H groups in total. The third kappa shape index (κ3) is 4.76. The number of rotatable bonds is 5. The van der Waals surface area contributed by atoms with Crippen molar-refractivity contribution in [2.45, 2.75) is 6.18 Å². The van der Waals surface area contributed by atoms with Crippen molar-refractivity contribution in [3.63, 3.8) is 0 Å². The average molecular weight is 396 g/mol. The van der Waals surface area contributed by atoms with E-state index in [0.717, 1.165) is 12.1 Å². The lowest BCUT2D eigenvalue weighted by Crippen LogP contribution is -2.22. The molecule has 1 amide bonds. The van der Waals surface area contributed by atoms with Crippen molar-refractivity contribution in [2.24, 2.45) is 0 Å². The Morgan fingerprint density at radius 2 is 2.00 bits per heavy atom. The number of alkyl halides is 3. The van der Waals surface area contributed by atoms with E-state index >= 15 is 0 Å². The zero-order valence-corrected chi connectivity index (χ0v) is 14.4. The summed E-state index contributed by atoms with van der Waals surface area (Å²) in [6.07, 6.45) is -1.65. The second kappa shape index (κ2) is 7.67. The number of aromatic nitrogens is 3. The van der Waals surface area contributed by atoms with E-state index in [2.05, 4.69) is 20.7 Å². The Morgan fingerprint density at radius 1 is 1.19 bits per heavy atom. The van der Waals surface area contributed by atoms with Crippen LogP contribution in [0, 0.1) is 0 Å². The second-order valence-corrected chi connectivity index (χ2v) is 5.92. The molecular formula is C17H13ClF3N5O. The number of benzene rings is 2. The number of hydrogen-bond donors (Lipinski definition) is 2. The lowest BCUT2D eigenvalue weighted by atomic mass is 10.2. The van der Waals surface area contributed by atoms with Crippen molar-refractivity contribution in [1.29, 1.82) is 0 Å². The molecule has 0 unspecified atom stereocenters. The van der Waals surface area contributed by atoms with Crippen molar-refractivity contribution in [2.75, 3.05) is 17.2 Å². The van der Waals surface area contributed by atoms with Crippen LogP contribution in [0.2, 0.25) is 5.02 Å². The van der Waals surface area contributed by atoms with Gasteiger partial charge in [-0.3, -0.25) is 4.79 Å².